The fraction of sp³-hybridized carbons (Fsp3) is 0.529. The van der Waals surface area contributed by atoms with Gasteiger partial charge in [-0.2, -0.15) is 0 Å². The maximum Gasteiger partial charge on any atom is 0.209 e. The molecule has 144 valence electrons. The third-order valence-electron chi connectivity index (χ3n) is 4.31. The summed E-state index contributed by atoms with van der Waals surface area (Å²) in [6.07, 6.45) is -1.13. The molecule has 0 amide bonds. The molecule has 2 unspecified atom stereocenters. The molecule has 10 heteroatoms. The van der Waals surface area contributed by atoms with E-state index in [2.05, 4.69) is 26.8 Å². The number of rotatable bonds is 5. The quantitative estimate of drug-likeness (QED) is 0.488. The molecule has 0 spiro atoms. The molecule has 0 radical (unpaired) electrons. The van der Waals surface area contributed by atoms with Crippen LogP contribution < -0.4 is 5.73 Å². The smallest absolute Gasteiger partial charge is 0.209 e. The standard InChI is InChI=1S/C17H21N5O5/c1-2-3-4-9(24)5-6-11-20-15(18)12-16(21-11)22(8-19-12)17-14(26)13(25)10(7-23)27-17/h8,10,13-14,17,23,25-26H,2-4,7H2,1H3,(H2,18,20,21)/t10-,13?,14?,17-/m1/s1. The molecule has 0 aromatic carbocycles. The van der Waals surface area contributed by atoms with Gasteiger partial charge in [0.2, 0.25) is 11.6 Å². The van der Waals surface area contributed by atoms with Gasteiger partial charge in [0.15, 0.2) is 17.7 Å². The topological polar surface area (TPSA) is 157 Å². The van der Waals surface area contributed by atoms with Crippen molar-refractivity contribution >= 4 is 22.8 Å². The number of imidazole rings is 1. The van der Waals surface area contributed by atoms with Crippen molar-refractivity contribution < 1.29 is 24.9 Å². The van der Waals surface area contributed by atoms with Crippen molar-refractivity contribution in [3.05, 3.63) is 12.2 Å². The molecular weight excluding hydrogens is 354 g/mol. The van der Waals surface area contributed by atoms with Crippen LogP contribution in [0.15, 0.2) is 6.33 Å². The minimum absolute atomic E-state index is 0.0401. The fourth-order valence-corrected chi connectivity index (χ4v) is 2.82. The van der Waals surface area contributed by atoms with Crippen molar-refractivity contribution in [2.45, 2.75) is 50.7 Å². The molecule has 0 aliphatic carbocycles. The zero-order valence-corrected chi connectivity index (χ0v) is 14.7. The van der Waals surface area contributed by atoms with E-state index in [-0.39, 0.29) is 28.6 Å². The largest absolute Gasteiger partial charge is 0.394 e. The first-order chi connectivity index (χ1) is 13.0. The normalized spacial score (nSPS) is 24.7. The van der Waals surface area contributed by atoms with E-state index in [1.165, 1.54) is 10.9 Å². The molecule has 2 aromatic rings. The molecule has 3 rings (SSSR count). The maximum absolute atomic E-state index is 11.7. The molecule has 4 atom stereocenters. The number of Topliss-reactive ketones (excluding diaryl/α,β-unsaturated/α-hetero) is 1. The van der Waals surface area contributed by atoms with Crippen molar-refractivity contribution in [2.75, 3.05) is 12.3 Å². The summed E-state index contributed by atoms with van der Waals surface area (Å²) in [6.45, 7) is 1.53. The minimum Gasteiger partial charge on any atom is -0.394 e. The zero-order valence-electron chi connectivity index (χ0n) is 14.7. The first kappa shape index (κ1) is 19.2. The number of hydrogen-bond acceptors (Lipinski definition) is 9. The lowest BCUT2D eigenvalue weighted by atomic mass is 10.1. The number of hydrogen-bond donors (Lipinski definition) is 4. The molecule has 2 aromatic heterocycles. The van der Waals surface area contributed by atoms with E-state index in [4.69, 9.17) is 10.5 Å². The van der Waals surface area contributed by atoms with Gasteiger partial charge in [0, 0.05) is 6.42 Å². The number of aliphatic hydroxyl groups is 3. The van der Waals surface area contributed by atoms with Crippen LogP contribution in [0.4, 0.5) is 5.82 Å². The summed E-state index contributed by atoms with van der Waals surface area (Å²) >= 11 is 0. The van der Waals surface area contributed by atoms with Gasteiger partial charge in [-0.3, -0.25) is 9.36 Å². The van der Waals surface area contributed by atoms with Crippen LogP contribution in [0.3, 0.4) is 0 Å². The Hall–Kier alpha value is -2.58. The summed E-state index contributed by atoms with van der Waals surface area (Å²) in [5.41, 5.74) is 6.41. The number of unbranched alkanes of at least 4 members (excludes halogenated alkanes) is 1. The highest BCUT2D eigenvalue weighted by atomic mass is 16.6. The summed E-state index contributed by atoms with van der Waals surface area (Å²) < 4.78 is 6.88. The number of ketones is 1. The highest BCUT2D eigenvalue weighted by Gasteiger charge is 2.44. The van der Waals surface area contributed by atoms with Gasteiger partial charge in [0.25, 0.3) is 0 Å². The van der Waals surface area contributed by atoms with Crippen LogP contribution in [-0.2, 0) is 9.53 Å². The van der Waals surface area contributed by atoms with E-state index in [0.717, 1.165) is 12.8 Å². The number of ether oxygens (including phenoxy) is 1. The summed E-state index contributed by atoms with van der Waals surface area (Å²) in [6, 6.07) is 0. The molecule has 3 heterocycles. The van der Waals surface area contributed by atoms with Gasteiger partial charge in [-0.1, -0.05) is 13.3 Å². The van der Waals surface area contributed by atoms with Crippen LogP contribution in [0.25, 0.3) is 11.2 Å². The SMILES string of the molecule is CCCCC(=O)C#Cc1nc(N)c2ncn([C@@H]3O[C@H](CO)C(O)C3O)c2n1. The Morgan fingerprint density at radius 3 is 2.81 bits per heavy atom. The lowest BCUT2D eigenvalue weighted by molar-refractivity contribution is -0.113. The molecule has 0 bridgehead atoms. The number of aromatic nitrogens is 4. The van der Waals surface area contributed by atoms with Crippen LogP contribution in [0, 0.1) is 11.8 Å². The van der Waals surface area contributed by atoms with E-state index in [0.29, 0.717) is 6.42 Å². The molecule has 1 aliphatic heterocycles. The summed E-state index contributed by atoms with van der Waals surface area (Å²) in [5, 5.41) is 29.4. The van der Waals surface area contributed by atoms with E-state index in [1.807, 2.05) is 6.92 Å². The monoisotopic (exact) mass is 375 g/mol. The van der Waals surface area contributed by atoms with Gasteiger partial charge >= 0.3 is 0 Å². The summed E-state index contributed by atoms with van der Waals surface area (Å²) in [7, 11) is 0. The van der Waals surface area contributed by atoms with Crippen LogP contribution in [0.1, 0.15) is 38.2 Å². The third-order valence-corrected chi connectivity index (χ3v) is 4.31. The predicted molar refractivity (Wildman–Crippen MR) is 94.2 cm³/mol. The second-order valence-corrected chi connectivity index (χ2v) is 6.26. The van der Waals surface area contributed by atoms with E-state index in [1.54, 1.807) is 0 Å². The molecule has 1 fully saturated rings. The Morgan fingerprint density at radius 1 is 1.37 bits per heavy atom. The van der Waals surface area contributed by atoms with Gasteiger partial charge < -0.3 is 25.8 Å². The third kappa shape index (κ3) is 3.77. The molecule has 10 nitrogen and oxygen atoms in total. The predicted octanol–water partition coefficient (Wildman–Crippen LogP) is -0.869. The molecule has 1 aliphatic rings. The fourth-order valence-electron chi connectivity index (χ4n) is 2.82. The van der Waals surface area contributed by atoms with Gasteiger partial charge in [0.05, 0.1) is 12.9 Å². The number of anilines is 1. The number of aliphatic hydroxyl groups excluding tert-OH is 3. The zero-order chi connectivity index (χ0) is 19.6. The second kappa shape index (κ2) is 7.98. The Labute approximate surface area is 155 Å². The van der Waals surface area contributed by atoms with E-state index >= 15 is 0 Å². The van der Waals surface area contributed by atoms with Gasteiger partial charge in [0.1, 0.15) is 23.8 Å². The van der Waals surface area contributed by atoms with E-state index in [9.17, 15) is 20.1 Å². The number of nitrogen functional groups attached to an aromatic ring is 1. The maximum atomic E-state index is 11.7. The van der Waals surface area contributed by atoms with Crippen LogP contribution in [-0.4, -0.2) is 65.5 Å². The van der Waals surface area contributed by atoms with Gasteiger partial charge in [-0.15, -0.1) is 0 Å². The van der Waals surface area contributed by atoms with Crippen molar-refractivity contribution in [3.8, 4) is 11.8 Å². The molecule has 27 heavy (non-hydrogen) atoms. The van der Waals surface area contributed by atoms with Crippen LogP contribution >= 0.6 is 0 Å². The van der Waals surface area contributed by atoms with Crippen molar-refractivity contribution in [3.63, 3.8) is 0 Å². The van der Waals surface area contributed by atoms with Crippen molar-refractivity contribution in [1.29, 1.82) is 0 Å². The summed E-state index contributed by atoms with van der Waals surface area (Å²) in [5.74, 6) is 4.98. The lowest BCUT2D eigenvalue weighted by Crippen LogP contribution is -2.33. The van der Waals surface area contributed by atoms with Crippen LogP contribution in [0.2, 0.25) is 0 Å². The van der Waals surface area contributed by atoms with Gasteiger partial charge in [-0.25, -0.2) is 15.0 Å². The number of carbonyl (C=O) groups is 1. The average molecular weight is 375 g/mol. The number of nitrogens with two attached hydrogens (primary N) is 1. The van der Waals surface area contributed by atoms with E-state index < -0.39 is 31.1 Å². The highest BCUT2D eigenvalue weighted by molar-refractivity contribution is 5.95. The first-order valence-corrected chi connectivity index (χ1v) is 8.63. The highest BCUT2D eigenvalue weighted by Crippen LogP contribution is 2.31. The number of nitrogens with zero attached hydrogens (tertiary/aromatic N) is 4. The number of fused-ring (bicyclic) bond motifs is 1. The molecule has 0 saturated carbocycles. The summed E-state index contributed by atoms with van der Waals surface area (Å²) in [4.78, 5) is 24.1. The molecular formula is C17H21N5O5. The minimum atomic E-state index is -1.29. The second-order valence-electron chi connectivity index (χ2n) is 6.26. The Morgan fingerprint density at radius 2 is 2.15 bits per heavy atom. The average Bonchev–Trinajstić information content (AvgIpc) is 3.20. The lowest BCUT2D eigenvalue weighted by Gasteiger charge is -2.16. The number of carbonyl (C=O) groups excluding carboxylic acids is 1. The Balaban J connectivity index is 1.94. The first-order valence-electron chi connectivity index (χ1n) is 8.63. The van der Waals surface area contributed by atoms with Crippen molar-refractivity contribution in [1.82, 2.24) is 19.5 Å². The Kier molecular flexibility index (Phi) is 5.67. The molecule has 1 saturated heterocycles. The molecule has 5 N–H and O–H groups in total. The van der Waals surface area contributed by atoms with Crippen molar-refractivity contribution in [2.24, 2.45) is 0 Å². The van der Waals surface area contributed by atoms with Gasteiger partial charge in [-0.05, 0) is 18.3 Å². The Bertz CT molecular complexity index is 902. The van der Waals surface area contributed by atoms with Crippen LogP contribution in [0.5, 0.6) is 0 Å².